The van der Waals surface area contributed by atoms with Gasteiger partial charge in [-0.05, 0) is 55.2 Å². The Bertz CT molecular complexity index is 2050. The summed E-state index contributed by atoms with van der Waals surface area (Å²) in [4.78, 5) is 40.2. The number of quaternary nitrogens is 1. The largest absolute Gasteiger partial charge is 0.432 e. The summed E-state index contributed by atoms with van der Waals surface area (Å²) in [6.45, 7) is 5.03. The molecule has 11 nitrogen and oxygen atoms in total. The van der Waals surface area contributed by atoms with Gasteiger partial charge >= 0.3 is 6.61 Å². The van der Waals surface area contributed by atoms with Gasteiger partial charge in [-0.3, -0.25) is 14.0 Å². The van der Waals surface area contributed by atoms with Crippen molar-refractivity contribution in [3.05, 3.63) is 71.7 Å². The molecule has 4 saturated heterocycles. The van der Waals surface area contributed by atoms with Gasteiger partial charge in [0.25, 0.3) is 5.91 Å². The monoisotopic (exact) mass is 735 g/mol. The fourth-order valence-corrected chi connectivity index (χ4v) is 8.88. The number of nitrogens with zero attached hydrogens (tertiary/aromatic N) is 6. The number of aromatic nitrogens is 3. The first-order chi connectivity index (χ1) is 25.5. The number of likely N-dealkylation sites (tertiary alicyclic amines) is 3. The Hall–Kier alpha value is -4.76. The number of amides is 2. The average molecular weight is 736 g/mol. The van der Waals surface area contributed by atoms with E-state index < -0.39 is 24.0 Å². The average Bonchev–Trinajstić information content (AvgIpc) is 3.85. The number of rotatable bonds is 10. The van der Waals surface area contributed by atoms with Gasteiger partial charge in [0.05, 0.1) is 44.6 Å². The van der Waals surface area contributed by atoms with Gasteiger partial charge in [0.15, 0.2) is 23.0 Å². The lowest BCUT2D eigenvalue weighted by atomic mass is 9.93. The highest BCUT2D eigenvalue weighted by Crippen LogP contribution is 2.39. The minimum absolute atomic E-state index is 0.0574. The van der Waals surface area contributed by atoms with Crippen LogP contribution in [0, 0.1) is 23.5 Å². The summed E-state index contributed by atoms with van der Waals surface area (Å²) in [5, 5.41) is 6.61. The summed E-state index contributed by atoms with van der Waals surface area (Å²) in [5.74, 6) is -2.56. The number of hydrogen-bond acceptors (Lipinski definition) is 7. The fraction of sp³-hybridized carbons (Fsp3) is 0.474. The van der Waals surface area contributed by atoms with Crippen LogP contribution in [0.5, 0.6) is 5.75 Å². The molecule has 1 unspecified atom stereocenters. The number of anilines is 2. The molecule has 53 heavy (non-hydrogen) atoms. The van der Waals surface area contributed by atoms with Crippen LogP contribution in [0.1, 0.15) is 42.1 Å². The molecule has 0 aliphatic carbocycles. The third-order valence-electron chi connectivity index (χ3n) is 11.8. The van der Waals surface area contributed by atoms with Gasteiger partial charge in [0.1, 0.15) is 6.04 Å². The van der Waals surface area contributed by atoms with Gasteiger partial charge in [0.2, 0.25) is 11.7 Å². The van der Waals surface area contributed by atoms with Crippen molar-refractivity contribution < 1.29 is 36.4 Å². The number of aryl methyl sites for hydroxylation is 1. The first-order valence-electron chi connectivity index (χ1n) is 18.3. The summed E-state index contributed by atoms with van der Waals surface area (Å²) in [5.41, 5.74) is 2.39. The molecule has 0 saturated carbocycles. The van der Waals surface area contributed by atoms with E-state index in [0.29, 0.717) is 67.2 Å². The molecule has 2 aromatic carbocycles. The number of alkyl halides is 2. The van der Waals surface area contributed by atoms with Gasteiger partial charge in [-0.1, -0.05) is 6.92 Å². The first-order valence-corrected chi connectivity index (χ1v) is 18.3. The van der Waals surface area contributed by atoms with Crippen molar-refractivity contribution in [2.45, 2.75) is 51.3 Å². The molecule has 2 amide bonds. The van der Waals surface area contributed by atoms with E-state index >= 15 is 0 Å². The number of fused-ring (bicyclic) bond motifs is 3. The van der Waals surface area contributed by atoms with E-state index in [1.54, 1.807) is 12.1 Å². The summed E-state index contributed by atoms with van der Waals surface area (Å²) in [6.07, 6.45) is 7.34. The lowest BCUT2D eigenvalue weighted by Gasteiger charge is -2.46. The number of benzene rings is 2. The number of carbonyl (C=O) groups is 2. The number of piperidine rings is 1. The van der Waals surface area contributed by atoms with E-state index in [9.17, 15) is 27.2 Å². The lowest BCUT2D eigenvalue weighted by Crippen LogP contribution is -2.63. The predicted octanol–water partition coefficient (Wildman–Crippen LogP) is 5.08. The van der Waals surface area contributed by atoms with Crippen LogP contribution in [0.15, 0.2) is 48.9 Å². The Morgan fingerprint density at radius 3 is 2.57 bits per heavy atom. The number of carbonyl (C=O) groups excluding carboxylic acids is 2. The molecular formula is C38H43F4N8O3+. The maximum Gasteiger partial charge on any atom is 0.387 e. The van der Waals surface area contributed by atoms with E-state index in [1.807, 2.05) is 17.9 Å². The van der Waals surface area contributed by atoms with Gasteiger partial charge in [-0.25, -0.2) is 14.4 Å². The van der Waals surface area contributed by atoms with Gasteiger partial charge in [-0.2, -0.15) is 13.2 Å². The van der Waals surface area contributed by atoms with E-state index in [2.05, 4.69) is 37.3 Å². The lowest BCUT2D eigenvalue weighted by molar-refractivity contribution is -0.928. The molecule has 280 valence electrons. The molecule has 2 bridgehead atoms. The van der Waals surface area contributed by atoms with E-state index in [4.69, 9.17) is 0 Å². The number of nitrogens with one attached hydrogen (secondary N) is 2. The predicted molar refractivity (Wildman–Crippen MR) is 189 cm³/mol. The number of halogens is 4. The number of piperazine rings is 1. The standard InChI is InChI=1S/C38H42F4N8O3/c1-3-23-14-25(46-34-35-45-18-30(48(35)13-10-44-34)29-6-7-31(53-38(41)42)33(40)32(29)39)4-5-28(23)37(52)47-11-8-24(9-12-47)36(51)49-19-27-15-26(49)21-50(27,2)20-22-16-43-17-22/h4-7,10,13-14,18,22,24,26-27,38,43H,3,8-9,11-12,15-17,19-21H2,1-2H3/p+1/t26-,27-,50?/m0/s1. The molecular weight excluding hydrogens is 692 g/mol. The van der Waals surface area contributed by atoms with Crippen molar-refractivity contribution in [2.24, 2.45) is 11.8 Å². The van der Waals surface area contributed by atoms with Crippen LogP contribution in [-0.4, -0.2) is 112 Å². The van der Waals surface area contributed by atoms with Gasteiger partial charge in [-0.15, -0.1) is 0 Å². The fourth-order valence-electron chi connectivity index (χ4n) is 8.88. The summed E-state index contributed by atoms with van der Waals surface area (Å²) >= 11 is 0. The number of ether oxygens (including phenoxy) is 1. The second-order valence-corrected chi connectivity index (χ2v) is 15.1. The quantitative estimate of drug-likeness (QED) is 0.173. The van der Waals surface area contributed by atoms with Crippen LogP contribution in [0.2, 0.25) is 0 Å². The number of hydrogen-bond donors (Lipinski definition) is 2. The highest BCUT2D eigenvalue weighted by atomic mass is 19.3. The summed E-state index contributed by atoms with van der Waals surface area (Å²) in [6, 6.07) is 8.39. The Kier molecular flexibility index (Phi) is 9.25. The Morgan fingerprint density at radius 1 is 1.09 bits per heavy atom. The maximum atomic E-state index is 15.0. The second-order valence-electron chi connectivity index (χ2n) is 15.1. The van der Waals surface area contributed by atoms with Crippen LogP contribution in [0.3, 0.4) is 0 Å². The molecule has 0 spiro atoms. The molecule has 15 heteroatoms. The van der Waals surface area contributed by atoms with Crippen molar-refractivity contribution in [3.8, 4) is 17.0 Å². The molecule has 4 aliphatic rings. The second kappa shape index (κ2) is 13.9. The molecule has 3 atom stereocenters. The van der Waals surface area contributed by atoms with E-state index in [-0.39, 0.29) is 29.0 Å². The first kappa shape index (κ1) is 35.3. The van der Waals surface area contributed by atoms with Crippen molar-refractivity contribution in [1.82, 2.24) is 29.5 Å². The molecule has 4 fully saturated rings. The highest BCUT2D eigenvalue weighted by molar-refractivity contribution is 5.96. The zero-order valence-electron chi connectivity index (χ0n) is 29.7. The van der Waals surface area contributed by atoms with Crippen molar-refractivity contribution >= 4 is 29.0 Å². The van der Waals surface area contributed by atoms with Crippen molar-refractivity contribution in [1.29, 1.82) is 0 Å². The van der Waals surface area contributed by atoms with Crippen LogP contribution in [0.25, 0.3) is 16.9 Å². The minimum atomic E-state index is -3.30. The smallest absolute Gasteiger partial charge is 0.387 e. The number of imidazole rings is 1. The van der Waals surface area contributed by atoms with Crippen LogP contribution >= 0.6 is 0 Å². The summed E-state index contributed by atoms with van der Waals surface area (Å²) < 4.78 is 61.4. The molecule has 8 rings (SSSR count). The molecule has 2 N–H and O–H groups in total. The van der Waals surface area contributed by atoms with Crippen molar-refractivity contribution in [2.75, 3.05) is 58.2 Å². The van der Waals surface area contributed by atoms with Crippen LogP contribution < -0.4 is 15.4 Å². The molecule has 4 aromatic rings. The topological polar surface area (TPSA) is 104 Å². The zero-order valence-corrected chi connectivity index (χ0v) is 29.7. The number of likely N-dealkylation sites (N-methyl/N-ethyl adjacent to an activating group) is 1. The highest BCUT2D eigenvalue weighted by Gasteiger charge is 2.55. The molecule has 2 aromatic heterocycles. The Morgan fingerprint density at radius 2 is 1.89 bits per heavy atom. The molecule has 4 aliphatic heterocycles. The maximum absolute atomic E-state index is 15.0. The Labute approximate surface area is 304 Å². The molecule has 6 heterocycles. The SMILES string of the molecule is CCc1cc(Nc2nccn3c(-c4ccc(OC(F)F)c(F)c4F)cnc23)ccc1C(=O)N1CCC(C(=O)N2C[C@@H]3C[C@H]2C[N+]3(C)CC2CNC2)CC1. The molecule has 0 radical (unpaired) electrons. The third kappa shape index (κ3) is 6.47. The van der Waals surface area contributed by atoms with Gasteiger partial charge < -0.3 is 29.7 Å². The minimum Gasteiger partial charge on any atom is -0.432 e. The van der Waals surface area contributed by atoms with Crippen LogP contribution in [0.4, 0.5) is 29.1 Å². The summed E-state index contributed by atoms with van der Waals surface area (Å²) in [7, 11) is 2.37. The van der Waals surface area contributed by atoms with E-state index in [0.717, 1.165) is 60.7 Å². The van der Waals surface area contributed by atoms with Crippen LogP contribution in [-0.2, 0) is 11.2 Å². The Balaban J connectivity index is 0.912. The van der Waals surface area contributed by atoms with Crippen molar-refractivity contribution in [3.63, 3.8) is 0 Å². The zero-order chi connectivity index (χ0) is 37.0. The third-order valence-corrected chi connectivity index (χ3v) is 11.8. The normalized spacial score (nSPS) is 23.2. The van der Waals surface area contributed by atoms with E-state index in [1.165, 1.54) is 29.5 Å². The van der Waals surface area contributed by atoms with Gasteiger partial charge in [0, 0.05) is 73.6 Å².